The van der Waals surface area contributed by atoms with Crippen LogP contribution in [0.2, 0.25) is 0 Å². The van der Waals surface area contributed by atoms with E-state index in [1.165, 1.54) is 13.0 Å². The van der Waals surface area contributed by atoms with Gasteiger partial charge in [0.05, 0.1) is 0 Å². The van der Waals surface area contributed by atoms with Crippen molar-refractivity contribution < 1.29 is 0 Å². The van der Waals surface area contributed by atoms with E-state index in [0.717, 1.165) is 0 Å². The topological polar surface area (TPSA) is 3.24 Å². The Bertz CT molecular complexity index is 69.1. The molecule has 0 aromatic heterocycles. The number of rotatable bonds is 4. The molecule has 0 spiro atoms. The fourth-order valence-electron chi connectivity index (χ4n) is 1.37. The zero-order chi connectivity index (χ0) is 10.1. The molecule has 0 aliphatic heterocycles. The second kappa shape index (κ2) is 9.05. The minimum atomic E-state index is 0.694. The van der Waals surface area contributed by atoms with Gasteiger partial charge in [0, 0.05) is 12.1 Å². The first kappa shape index (κ1) is 14.5. The van der Waals surface area contributed by atoms with Crippen LogP contribution in [-0.2, 0) is 0 Å². The molecule has 0 rings (SSSR count). The number of hydrogen-bond acceptors (Lipinski definition) is 1. The molecule has 0 unspecified atom stereocenters. The van der Waals surface area contributed by atoms with Crippen molar-refractivity contribution >= 4 is 0 Å². The van der Waals surface area contributed by atoms with Crippen LogP contribution in [0, 0.1) is 0 Å². The molecule has 0 amide bonds. The van der Waals surface area contributed by atoms with Crippen LogP contribution < -0.4 is 0 Å². The van der Waals surface area contributed by atoms with Crippen molar-refractivity contribution in [3.8, 4) is 0 Å². The average Bonchev–Trinajstić information content (AvgIpc) is 2.03. The molecule has 1 heteroatoms. The highest BCUT2D eigenvalue weighted by atomic mass is 15.2. The van der Waals surface area contributed by atoms with Crippen LogP contribution >= 0.6 is 0 Å². The lowest BCUT2D eigenvalue weighted by molar-refractivity contribution is 0.175. The van der Waals surface area contributed by atoms with E-state index in [2.05, 4.69) is 39.5 Å². The van der Waals surface area contributed by atoms with Gasteiger partial charge < -0.3 is 0 Å². The van der Waals surface area contributed by atoms with Gasteiger partial charge in [-0.2, -0.15) is 0 Å². The molecule has 0 radical (unpaired) electrons. The fraction of sp³-hybridized carbons (Fsp3) is 1.00. The van der Waals surface area contributed by atoms with Crippen LogP contribution in [-0.4, -0.2) is 23.5 Å². The first-order valence-electron chi connectivity index (χ1n) is 5.35. The highest BCUT2D eigenvalue weighted by Crippen LogP contribution is 2.04. The summed E-state index contributed by atoms with van der Waals surface area (Å²) >= 11 is 0. The lowest BCUT2D eigenvalue weighted by Gasteiger charge is -2.29. The van der Waals surface area contributed by atoms with Crippen LogP contribution in [0.4, 0.5) is 0 Å². The van der Waals surface area contributed by atoms with Gasteiger partial charge in [0.15, 0.2) is 0 Å². The molecule has 0 N–H and O–H groups in total. The van der Waals surface area contributed by atoms with Gasteiger partial charge in [-0.25, -0.2) is 0 Å². The minimum absolute atomic E-state index is 0.694. The zero-order valence-electron chi connectivity index (χ0n) is 10.0. The van der Waals surface area contributed by atoms with Crippen molar-refractivity contribution in [2.45, 2.75) is 67.0 Å². The lowest BCUT2D eigenvalue weighted by Crippen LogP contribution is -2.37. The molecule has 76 valence electrons. The third-order valence-corrected chi connectivity index (χ3v) is 1.81. The Morgan fingerprint density at radius 3 is 1.33 bits per heavy atom. The highest BCUT2D eigenvalue weighted by molar-refractivity contribution is 4.65. The van der Waals surface area contributed by atoms with Gasteiger partial charge in [-0.05, 0) is 40.7 Å². The Morgan fingerprint density at radius 2 is 1.25 bits per heavy atom. The van der Waals surface area contributed by atoms with Crippen molar-refractivity contribution in [3.63, 3.8) is 0 Å². The largest absolute Gasteiger partial charge is 0.299 e. The van der Waals surface area contributed by atoms with Gasteiger partial charge in [0.25, 0.3) is 0 Å². The van der Waals surface area contributed by atoms with Gasteiger partial charge >= 0.3 is 0 Å². The van der Waals surface area contributed by atoms with Gasteiger partial charge in [0.2, 0.25) is 0 Å². The Balaban J connectivity index is 0. The lowest BCUT2D eigenvalue weighted by atomic mass is 10.2. The van der Waals surface area contributed by atoms with E-state index in [9.17, 15) is 0 Å². The first-order valence-corrected chi connectivity index (χ1v) is 5.35. The average molecular weight is 173 g/mol. The van der Waals surface area contributed by atoms with Gasteiger partial charge in [-0.3, -0.25) is 4.90 Å². The van der Waals surface area contributed by atoms with E-state index in [-0.39, 0.29) is 0 Å². The molecule has 0 aliphatic rings. The molecule has 0 saturated carbocycles. The van der Waals surface area contributed by atoms with Gasteiger partial charge in [0.1, 0.15) is 0 Å². The molecule has 0 aromatic rings. The van der Waals surface area contributed by atoms with Crippen LogP contribution in [0.15, 0.2) is 0 Å². The number of hydrogen-bond donors (Lipinski definition) is 0. The highest BCUT2D eigenvalue weighted by Gasteiger charge is 2.10. The summed E-state index contributed by atoms with van der Waals surface area (Å²) in [6.45, 7) is 16.5. The quantitative estimate of drug-likeness (QED) is 0.628. The zero-order valence-corrected chi connectivity index (χ0v) is 10.0. The maximum absolute atomic E-state index is 2.51. The van der Waals surface area contributed by atoms with Crippen LogP contribution in [0.1, 0.15) is 54.9 Å². The summed E-state index contributed by atoms with van der Waals surface area (Å²) in [5.41, 5.74) is 0. The summed E-state index contributed by atoms with van der Waals surface area (Å²) in [6, 6.07) is 1.39. The van der Waals surface area contributed by atoms with E-state index < -0.39 is 0 Å². The summed E-state index contributed by atoms with van der Waals surface area (Å²) in [7, 11) is 0. The van der Waals surface area contributed by atoms with Crippen LogP contribution in [0.3, 0.4) is 0 Å². The third-order valence-electron chi connectivity index (χ3n) is 1.81. The summed E-state index contributed by atoms with van der Waals surface area (Å²) in [6.07, 6.45) is 1.26. The molecule has 1 nitrogen and oxygen atoms in total. The van der Waals surface area contributed by atoms with E-state index in [0.29, 0.717) is 12.1 Å². The van der Waals surface area contributed by atoms with Crippen molar-refractivity contribution in [1.29, 1.82) is 0 Å². The van der Waals surface area contributed by atoms with Gasteiger partial charge in [-0.15, -0.1) is 0 Å². The smallest absolute Gasteiger partial charge is 0.00412 e. The fourth-order valence-corrected chi connectivity index (χ4v) is 1.37. The van der Waals surface area contributed by atoms with Crippen molar-refractivity contribution in [2.24, 2.45) is 0 Å². The minimum Gasteiger partial charge on any atom is -0.299 e. The Kier molecular flexibility index (Phi) is 10.9. The molecule has 0 bridgehead atoms. The van der Waals surface area contributed by atoms with E-state index in [1.54, 1.807) is 0 Å². The second-order valence-corrected chi connectivity index (χ2v) is 3.43. The Labute approximate surface area is 79.2 Å². The summed E-state index contributed by atoms with van der Waals surface area (Å²) < 4.78 is 0. The predicted molar refractivity (Wildman–Crippen MR) is 58.6 cm³/mol. The Morgan fingerprint density at radius 1 is 0.917 bits per heavy atom. The first-order chi connectivity index (χ1) is 5.59. The Hall–Kier alpha value is -0.0400. The predicted octanol–water partition coefficient (Wildman–Crippen LogP) is 3.54. The second-order valence-electron chi connectivity index (χ2n) is 3.43. The summed E-state index contributed by atoms with van der Waals surface area (Å²) in [5.74, 6) is 0. The maximum Gasteiger partial charge on any atom is 0.00412 e. The van der Waals surface area contributed by atoms with Crippen LogP contribution in [0.5, 0.6) is 0 Å². The van der Waals surface area contributed by atoms with E-state index >= 15 is 0 Å². The van der Waals surface area contributed by atoms with E-state index in [4.69, 9.17) is 0 Å². The molecule has 0 aromatic carbocycles. The maximum atomic E-state index is 2.51. The molecular weight excluding hydrogens is 146 g/mol. The van der Waals surface area contributed by atoms with Gasteiger partial charge in [-0.1, -0.05) is 20.8 Å². The normalized spacial score (nSPS) is 10.5. The van der Waals surface area contributed by atoms with Crippen molar-refractivity contribution in [2.75, 3.05) is 6.54 Å². The third kappa shape index (κ3) is 6.66. The van der Waals surface area contributed by atoms with Crippen molar-refractivity contribution in [1.82, 2.24) is 4.90 Å². The molecule has 0 fully saturated rings. The standard InChI is InChI=1S/C9H21N.C2H6/c1-6-7-10(8(2)3)9(4)5;1-2/h8-9H,6-7H2,1-5H3;1-2H3. The SMILES string of the molecule is CC.CCCN(C(C)C)C(C)C. The van der Waals surface area contributed by atoms with Crippen molar-refractivity contribution in [3.05, 3.63) is 0 Å². The molecular formula is C11H27N. The van der Waals surface area contributed by atoms with Crippen LogP contribution in [0.25, 0.3) is 0 Å². The monoisotopic (exact) mass is 173 g/mol. The molecule has 12 heavy (non-hydrogen) atoms. The molecule has 0 aliphatic carbocycles. The summed E-state index contributed by atoms with van der Waals surface area (Å²) in [4.78, 5) is 2.51. The molecule has 0 heterocycles. The van der Waals surface area contributed by atoms with E-state index in [1.807, 2.05) is 13.8 Å². The molecule has 0 atom stereocenters. The number of nitrogens with zero attached hydrogens (tertiary/aromatic N) is 1. The molecule has 0 saturated heterocycles. The summed E-state index contributed by atoms with van der Waals surface area (Å²) in [5, 5.41) is 0.